The van der Waals surface area contributed by atoms with Crippen LogP contribution in [0.3, 0.4) is 0 Å². The van der Waals surface area contributed by atoms with E-state index in [0.717, 1.165) is 64.2 Å². The van der Waals surface area contributed by atoms with E-state index in [-0.39, 0.29) is 36.5 Å². The van der Waals surface area contributed by atoms with Crippen LogP contribution in [-0.4, -0.2) is 75.9 Å². The van der Waals surface area contributed by atoms with E-state index in [0.29, 0.717) is 24.8 Å². The predicted molar refractivity (Wildman–Crippen MR) is 181 cm³/mol. The molecule has 2 unspecified atom stereocenters. The van der Waals surface area contributed by atoms with Gasteiger partial charge in [0.15, 0.2) is 5.79 Å². The minimum Gasteiger partial charge on any atom is -0.455 e. The lowest BCUT2D eigenvalue weighted by atomic mass is 9.96. The van der Waals surface area contributed by atoms with Crippen molar-refractivity contribution in [2.45, 2.75) is 224 Å². The van der Waals surface area contributed by atoms with Crippen LogP contribution in [0.25, 0.3) is 0 Å². The monoisotopic (exact) mass is 652 g/mol. The molecular formula is C38H68O8. The van der Waals surface area contributed by atoms with Crippen molar-refractivity contribution in [1.29, 1.82) is 0 Å². The minimum absolute atomic E-state index is 0.0196. The highest BCUT2D eigenvalue weighted by Crippen LogP contribution is 2.33. The summed E-state index contributed by atoms with van der Waals surface area (Å²) in [5.41, 5.74) is 0.588. The van der Waals surface area contributed by atoms with Gasteiger partial charge in [-0.25, -0.2) is 4.79 Å². The maximum Gasteiger partial charge on any atom is 0.334 e. The third kappa shape index (κ3) is 15.0. The first kappa shape index (κ1) is 39.4. The lowest BCUT2D eigenvalue weighted by Crippen LogP contribution is -2.45. The van der Waals surface area contributed by atoms with E-state index in [2.05, 4.69) is 6.92 Å². The van der Waals surface area contributed by atoms with Gasteiger partial charge in [-0.05, 0) is 71.8 Å². The van der Waals surface area contributed by atoms with Crippen LogP contribution in [-0.2, 0) is 23.7 Å². The molecule has 0 aromatic rings. The summed E-state index contributed by atoms with van der Waals surface area (Å²) in [6, 6.07) is 0. The number of esters is 1. The summed E-state index contributed by atoms with van der Waals surface area (Å²) in [6.07, 6.45) is 22.1. The topological polar surface area (TPSA) is 115 Å². The SMILES string of the molecule is CCCCCCCCCCCC[C@@H](O)[C@H]1CC[C@H]([C@H](O)CCC2CC(CCCCC[C@@H](O)CC3=C[C@H](C)OC3=O)OC(C)(C)O2)O1. The van der Waals surface area contributed by atoms with Crippen LogP contribution in [0.2, 0.25) is 0 Å². The molecule has 0 amide bonds. The van der Waals surface area contributed by atoms with Crippen molar-refractivity contribution < 1.29 is 39.1 Å². The number of cyclic esters (lactones) is 1. The Morgan fingerprint density at radius 1 is 0.761 bits per heavy atom. The Morgan fingerprint density at radius 3 is 1.91 bits per heavy atom. The third-order valence-electron chi connectivity index (χ3n) is 10.0. The molecule has 0 bridgehead atoms. The summed E-state index contributed by atoms with van der Waals surface area (Å²) >= 11 is 0. The first-order valence-corrected chi connectivity index (χ1v) is 19.0. The second kappa shape index (κ2) is 21.1. The average molecular weight is 653 g/mol. The van der Waals surface area contributed by atoms with Gasteiger partial charge in [-0.3, -0.25) is 0 Å². The Balaban J connectivity index is 1.25. The molecular weight excluding hydrogens is 584 g/mol. The molecule has 0 aromatic heterocycles. The Labute approximate surface area is 280 Å². The Kier molecular flexibility index (Phi) is 18.1. The van der Waals surface area contributed by atoms with Crippen LogP contribution in [0.1, 0.15) is 169 Å². The molecule has 2 fully saturated rings. The first-order chi connectivity index (χ1) is 22.1. The molecule has 0 spiro atoms. The van der Waals surface area contributed by atoms with Gasteiger partial charge < -0.3 is 34.3 Å². The van der Waals surface area contributed by atoms with Gasteiger partial charge in [0.25, 0.3) is 0 Å². The van der Waals surface area contributed by atoms with Gasteiger partial charge in [-0.1, -0.05) is 90.4 Å². The van der Waals surface area contributed by atoms with Gasteiger partial charge in [-0.2, -0.15) is 0 Å². The number of rotatable bonds is 24. The van der Waals surface area contributed by atoms with Crippen LogP contribution >= 0.6 is 0 Å². The molecule has 8 atom stereocenters. The molecule has 0 saturated carbocycles. The van der Waals surface area contributed by atoms with Crippen molar-refractivity contribution in [3.8, 4) is 0 Å². The number of unbranched alkanes of at least 4 members (excludes halogenated alkanes) is 11. The Hall–Kier alpha value is -1.03. The molecule has 8 nitrogen and oxygen atoms in total. The highest BCUT2D eigenvalue weighted by Gasteiger charge is 2.37. The summed E-state index contributed by atoms with van der Waals surface area (Å²) < 4.78 is 23.7. The van der Waals surface area contributed by atoms with E-state index >= 15 is 0 Å². The molecule has 3 aliphatic heterocycles. The van der Waals surface area contributed by atoms with E-state index in [1.165, 1.54) is 57.8 Å². The third-order valence-corrected chi connectivity index (χ3v) is 10.0. The fraction of sp³-hybridized carbons (Fsp3) is 0.921. The number of carbonyl (C=O) groups excluding carboxylic acids is 1. The van der Waals surface area contributed by atoms with E-state index in [4.69, 9.17) is 18.9 Å². The molecule has 2 saturated heterocycles. The summed E-state index contributed by atoms with van der Waals surface area (Å²) in [6.45, 7) is 8.01. The van der Waals surface area contributed by atoms with Crippen LogP contribution in [0.4, 0.5) is 0 Å². The minimum atomic E-state index is -0.664. The molecule has 8 heteroatoms. The second-order valence-electron chi connectivity index (χ2n) is 14.9. The molecule has 3 rings (SSSR count). The van der Waals surface area contributed by atoms with E-state index in [1.807, 2.05) is 20.8 Å². The maximum absolute atomic E-state index is 11.8. The molecule has 46 heavy (non-hydrogen) atoms. The molecule has 3 N–H and O–H groups in total. The lowest BCUT2D eigenvalue weighted by molar-refractivity contribution is -0.302. The summed E-state index contributed by atoms with van der Waals surface area (Å²) in [7, 11) is 0. The van der Waals surface area contributed by atoms with Gasteiger partial charge in [0.05, 0.1) is 42.7 Å². The number of aliphatic hydroxyl groups is 3. The van der Waals surface area contributed by atoms with E-state index in [1.54, 1.807) is 6.08 Å². The van der Waals surface area contributed by atoms with Crippen molar-refractivity contribution in [3.05, 3.63) is 11.6 Å². The zero-order valence-electron chi connectivity index (χ0n) is 29.6. The zero-order valence-corrected chi connectivity index (χ0v) is 29.6. The molecule has 0 aliphatic carbocycles. The highest BCUT2D eigenvalue weighted by atomic mass is 16.7. The van der Waals surface area contributed by atoms with Crippen molar-refractivity contribution >= 4 is 5.97 Å². The van der Waals surface area contributed by atoms with Gasteiger partial charge in [0.2, 0.25) is 0 Å². The smallest absolute Gasteiger partial charge is 0.334 e. The van der Waals surface area contributed by atoms with Crippen molar-refractivity contribution in [2.24, 2.45) is 0 Å². The number of aliphatic hydroxyl groups excluding tert-OH is 3. The van der Waals surface area contributed by atoms with Crippen LogP contribution in [0, 0.1) is 0 Å². The zero-order chi connectivity index (χ0) is 33.4. The fourth-order valence-corrected chi connectivity index (χ4v) is 7.46. The summed E-state index contributed by atoms with van der Waals surface area (Å²) in [4.78, 5) is 11.8. The highest BCUT2D eigenvalue weighted by molar-refractivity contribution is 5.90. The summed E-state index contributed by atoms with van der Waals surface area (Å²) in [5, 5.41) is 32.0. The molecule has 0 aromatic carbocycles. The molecule has 0 radical (unpaired) electrons. The fourth-order valence-electron chi connectivity index (χ4n) is 7.46. The number of hydrogen-bond acceptors (Lipinski definition) is 8. The largest absolute Gasteiger partial charge is 0.455 e. The maximum atomic E-state index is 11.8. The quantitative estimate of drug-likeness (QED) is 0.0714. The standard InChI is InChI=1S/C38H68O8/c1-5-6-7-8-9-10-11-12-13-17-20-33(40)35-23-24-36(44-35)34(41)22-21-32-27-31(45-38(3,4)46-32)19-16-14-15-18-30(39)26-29-25-28(2)43-37(29)42/h25,28,30-36,39-41H,5-24,26-27H2,1-4H3/t28-,30+,31?,32?,33+,34+,35+,36+/m0/s1. The van der Waals surface area contributed by atoms with Crippen molar-refractivity contribution in [2.75, 3.05) is 0 Å². The van der Waals surface area contributed by atoms with Crippen molar-refractivity contribution in [3.63, 3.8) is 0 Å². The second-order valence-corrected chi connectivity index (χ2v) is 14.9. The number of hydrogen-bond donors (Lipinski definition) is 3. The van der Waals surface area contributed by atoms with Gasteiger partial charge in [0, 0.05) is 18.4 Å². The van der Waals surface area contributed by atoms with Crippen LogP contribution < -0.4 is 0 Å². The summed E-state index contributed by atoms with van der Waals surface area (Å²) in [5.74, 6) is -0.968. The molecule has 268 valence electrons. The normalized spacial score (nSPS) is 28.2. The van der Waals surface area contributed by atoms with Crippen molar-refractivity contribution in [1.82, 2.24) is 0 Å². The Morgan fingerprint density at radius 2 is 1.30 bits per heavy atom. The van der Waals surface area contributed by atoms with Crippen LogP contribution in [0.15, 0.2) is 11.6 Å². The molecule has 3 heterocycles. The lowest BCUT2D eigenvalue weighted by Gasteiger charge is -2.41. The van der Waals surface area contributed by atoms with Crippen LogP contribution in [0.5, 0.6) is 0 Å². The number of ether oxygens (including phenoxy) is 4. The van der Waals surface area contributed by atoms with E-state index < -0.39 is 24.1 Å². The average Bonchev–Trinajstić information content (AvgIpc) is 3.62. The van der Waals surface area contributed by atoms with E-state index in [9.17, 15) is 20.1 Å². The van der Waals surface area contributed by atoms with Gasteiger partial charge in [-0.15, -0.1) is 0 Å². The van der Waals surface area contributed by atoms with Gasteiger partial charge >= 0.3 is 5.97 Å². The van der Waals surface area contributed by atoms with Gasteiger partial charge in [0.1, 0.15) is 6.10 Å². The molecule has 3 aliphatic rings. The first-order valence-electron chi connectivity index (χ1n) is 19.0. The Bertz CT molecular complexity index is 875. The number of carbonyl (C=O) groups is 1. The predicted octanol–water partition coefficient (Wildman–Crippen LogP) is 7.83.